The fraction of sp³-hybridized carbons (Fsp3) is 0.364. The van der Waals surface area contributed by atoms with Crippen LogP contribution in [0.15, 0.2) is 54.6 Å². The lowest BCUT2D eigenvalue weighted by molar-refractivity contribution is 0.240. The van der Waals surface area contributed by atoms with Crippen molar-refractivity contribution < 1.29 is 4.79 Å². The van der Waals surface area contributed by atoms with E-state index < -0.39 is 0 Å². The van der Waals surface area contributed by atoms with Crippen LogP contribution in [0.25, 0.3) is 0 Å². The molecular weight excluding hydrogens is 368 g/mol. The van der Waals surface area contributed by atoms with Crippen LogP contribution in [0.5, 0.6) is 0 Å². The van der Waals surface area contributed by atoms with Gasteiger partial charge in [-0.1, -0.05) is 50.2 Å². The van der Waals surface area contributed by atoms with Crippen LogP contribution in [0.1, 0.15) is 25.0 Å². The van der Waals surface area contributed by atoms with Crippen molar-refractivity contribution in [1.82, 2.24) is 10.6 Å². The molecule has 0 saturated heterocycles. The number of nitrogens with zero attached hydrogens (tertiary/aromatic N) is 1. The Morgan fingerprint density at radius 1 is 1.07 bits per heavy atom. The minimum absolute atomic E-state index is 0.154. The maximum Gasteiger partial charge on any atom is 0.314 e. The quantitative estimate of drug-likeness (QED) is 0.525. The van der Waals surface area contributed by atoms with Crippen LogP contribution in [0, 0.1) is 17.2 Å². The normalized spacial score (nSPS) is 11.5. The molecule has 0 radical (unpaired) electrons. The summed E-state index contributed by atoms with van der Waals surface area (Å²) < 4.78 is 0. The van der Waals surface area contributed by atoms with Gasteiger partial charge in [0.05, 0.1) is 11.6 Å². The number of para-hydroxylation sites is 1. The Hall–Kier alpha value is -2.65. The molecule has 3 N–H and O–H groups in total. The van der Waals surface area contributed by atoms with Crippen molar-refractivity contribution in [3.63, 3.8) is 0 Å². The van der Waals surface area contributed by atoms with Gasteiger partial charge >= 0.3 is 6.03 Å². The highest BCUT2D eigenvalue weighted by Crippen LogP contribution is 2.15. The van der Waals surface area contributed by atoms with Crippen molar-refractivity contribution in [2.75, 3.05) is 24.2 Å². The minimum Gasteiger partial charge on any atom is -0.380 e. The zero-order valence-electron chi connectivity index (χ0n) is 16.4. The maximum absolute atomic E-state index is 12.1. The van der Waals surface area contributed by atoms with Crippen LogP contribution < -0.4 is 16.0 Å². The first-order chi connectivity index (χ1) is 13.6. The number of rotatable bonds is 10. The van der Waals surface area contributed by atoms with Crippen molar-refractivity contribution in [3.8, 4) is 6.07 Å². The number of benzene rings is 2. The Balaban J connectivity index is 1.65. The number of nitrogens with one attached hydrogen (secondary N) is 3. The first-order valence-electron chi connectivity index (χ1n) is 9.49. The number of thioether (sulfide) groups is 1. The predicted octanol–water partition coefficient (Wildman–Crippen LogP) is 4.23. The summed E-state index contributed by atoms with van der Waals surface area (Å²) in [6, 6.07) is 19.8. The first-order valence-corrected chi connectivity index (χ1v) is 10.6. The van der Waals surface area contributed by atoms with E-state index in [1.807, 2.05) is 54.6 Å². The van der Waals surface area contributed by atoms with Gasteiger partial charge in [-0.15, -0.1) is 0 Å². The second-order valence-corrected chi connectivity index (χ2v) is 7.92. The van der Waals surface area contributed by atoms with Gasteiger partial charge in [-0.05, 0) is 29.7 Å². The Kier molecular flexibility index (Phi) is 9.23. The molecule has 1 unspecified atom stereocenters. The summed E-state index contributed by atoms with van der Waals surface area (Å²) in [6.45, 7) is 5.41. The molecule has 2 aromatic carbocycles. The molecule has 0 bridgehead atoms. The van der Waals surface area contributed by atoms with Crippen LogP contribution in [0.4, 0.5) is 10.5 Å². The van der Waals surface area contributed by atoms with Gasteiger partial charge in [0.15, 0.2) is 0 Å². The van der Waals surface area contributed by atoms with E-state index in [1.54, 1.807) is 11.8 Å². The molecule has 6 heteroatoms. The fourth-order valence-electron chi connectivity index (χ4n) is 2.64. The van der Waals surface area contributed by atoms with E-state index in [-0.39, 0.29) is 12.1 Å². The third-order valence-electron chi connectivity index (χ3n) is 4.34. The van der Waals surface area contributed by atoms with Gasteiger partial charge in [0, 0.05) is 36.3 Å². The summed E-state index contributed by atoms with van der Waals surface area (Å²) in [7, 11) is 0. The fourth-order valence-corrected chi connectivity index (χ4v) is 3.50. The molecule has 0 fully saturated rings. The average molecular weight is 397 g/mol. The van der Waals surface area contributed by atoms with Gasteiger partial charge in [-0.2, -0.15) is 17.0 Å². The topological polar surface area (TPSA) is 77.0 Å². The zero-order chi connectivity index (χ0) is 20.2. The Morgan fingerprint density at radius 2 is 1.79 bits per heavy atom. The molecule has 2 rings (SSSR count). The minimum atomic E-state index is -0.154. The standard InChI is InChI=1S/C22H28N4OS/c1-17(2)21(26-20-10-4-3-5-11-20)15-25-22(27)24-12-13-28-16-19-9-7-6-8-18(19)14-23/h3-11,17,21,26H,12-13,15-16H2,1-2H3,(H2,24,25,27). The number of nitriles is 1. The summed E-state index contributed by atoms with van der Waals surface area (Å²) in [5.41, 5.74) is 2.80. The third-order valence-corrected chi connectivity index (χ3v) is 5.35. The van der Waals surface area contributed by atoms with E-state index in [0.717, 1.165) is 22.8 Å². The molecule has 0 aliphatic heterocycles. The van der Waals surface area contributed by atoms with E-state index in [2.05, 4.69) is 35.9 Å². The second-order valence-electron chi connectivity index (χ2n) is 6.82. The Bertz CT molecular complexity index is 774. The number of anilines is 1. The lowest BCUT2D eigenvalue weighted by Crippen LogP contribution is -2.44. The first kappa shape index (κ1) is 21.6. The van der Waals surface area contributed by atoms with Crippen molar-refractivity contribution in [3.05, 3.63) is 65.7 Å². The molecule has 28 heavy (non-hydrogen) atoms. The maximum atomic E-state index is 12.1. The van der Waals surface area contributed by atoms with Crippen LogP contribution in [0.3, 0.4) is 0 Å². The molecule has 0 heterocycles. The van der Waals surface area contributed by atoms with Crippen molar-refractivity contribution in [2.45, 2.75) is 25.6 Å². The van der Waals surface area contributed by atoms with Crippen LogP contribution in [-0.2, 0) is 5.75 Å². The highest BCUT2D eigenvalue weighted by molar-refractivity contribution is 7.98. The monoisotopic (exact) mass is 396 g/mol. The van der Waals surface area contributed by atoms with Gasteiger partial charge in [-0.25, -0.2) is 4.79 Å². The zero-order valence-corrected chi connectivity index (χ0v) is 17.3. The summed E-state index contributed by atoms with van der Waals surface area (Å²) in [4.78, 5) is 12.1. The average Bonchev–Trinajstić information content (AvgIpc) is 2.71. The Morgan fingerprint density at radius 3 is 2.50 bits per heavy atom. The number of hydrogen-bond donors (Lipinski definition) is 3. The van der Waals surface area contributed by atoms with Crippen molar-refractivity contribution >= 4 is 23.5 Å². The molecule has 0 aliphatic carbocycles. The number of hydrogen-bond acceptors (Lipinski definition) is 4. The van der Waals surface area contributed by atoms with Crippen molar-refractivity contribution in [2.24, 2.45) is 5.92 Å². The van der Waals surface area contributed by atoms with Gasteiger partial charge in [0.1, 0.15) is 0 Å². The van der Waals surface area contributed by atoms with E-state index in [0.29, 0.717) is 24.6 Å². The second kappa shape index (κ2) is 11.9. The number of carbonyl (C=O) groups is 1. The van der Waals surface area contributed by atoms with Crippen LogP contribution >= 0.6 is 11.8 Å². The SMILES string of the molecule is CC(C)C(CNC(=O)NCCSCc1ccccc1C#N)Nc1ccccc1. The molecule has 2 aromatic rings. The van der Waals surface area contributed by atoms with E-state index in [9.17, 15) is 4.79 Å². The van der Waals surface area contributed by atoms with Gasteiger partial charge in [-0.3, -0.25) is 0 Å². The molecule has 0 spiro atoms. The molecule has 1 atom stereocenters. The third kappa shape index (κ3) is 7.53. The lowest BCUT2D eigenvalue weighted by atomic mass is 10.0. The molecule has 148 valence electrons. The molecule has 5 nitrogen and oxygen atoms in total. The highest BCUT2D eigenvalue weighted by atomic mass is 32.2. The summed E-state index contributed by atoms with van der Waals surface area (Å²) in [5.74, 6) is 1.95. The smallest absolute Gasteiger partial charge is 0.314 e. The molecule has 0 saturated carbocycles. The molecule has 0 aliphatic rings. The van der Waals surface area contributed by atoms with Crippen LogP contribution in [-0.4, -0.2) is 30.9 Å². The Labute approximate surface area is 171 Å². The van der Waals surface area contributed by atoms with Crippen molar-refractivity contribution in [1.29, 1.82) is 5.26 Å². The summed E-state index contributed by atoms with van der Waals surface area (Å²) >= 11 is 1.70. The summed E-state index contributed by atoms with van der Waals surface area (Å²) in [6.07, 6.45) is 0. The van der Waals surface area contributed by atoms with Crippen LogP contribution in [0.2, 0.25) is 0 Å². The number of urea groups is 1. The molecule has 0 aromatic heterocycles. The number of amides is 2. The molecule has 2 amide bonds. The van der Waals surface area contributed by atoms with Gasteiger partial charge in [0.25, 0.3) is 0 Å². The lowest BCUT2D eigenvalue weighted by Gasteiger charge is -2.24. The van der Waals surface area contributed by atoms with Gasteiger partial charge in [0.2, 0.25) is 0 Å². The molecular formula is C22H28N4OS. The predicted molar refractivity (Wildman–Crippen MR) is 117 cm³/mol. The van der Waals surface area contributed by atoms with E-state index in [1.165, 1.54) is 0 Å². The summed E-state index contributed by atoms with van der Waals surface area (Å²) in [5, 5.41) is 18.4. The van der Waals surface area contributed by atoms with Gasteiger partial charge < -0.3 is 16.0 Å². The van der Waals surface area contributed by atoms with E-state index in [4.69, 9.17) is 5.26 Å². The number of carbonyl (C=O) groups excluding carboxylic acids is 1. The largest absolute Gasteiger partial charge is 0.380 e. The highest BCUT2D eigenvalue weighted by Gasteiger charge is 2.14. The van der Waals surface area contributed by atoms with E-state index >= 15 is 0 Å².